The molecule has 0 aliphatic carbocycles. The van der Waals surface area contributed by atoms with E-state index in [1.807, 2.05) is 10.8 Å². The molecule has 0 aliphatic rings. The lowest BCUT2D eigenvalue weighted by atomic mass is 10.2. The molecule has 0 saturated heterocycles. The molecule has 0 aliphatic heterocycles. The van der Waals surface area contributed by atoms with E-state index in [-0.39, 0.29) is 5.02 Å². The molecule has 1 atom stereocenters. The first-order valence-electron chi connectivity index (χ1n) is 4.70. The fourth-order valence-electron chi connectivity index (χ4n) is 1.63. The number of benzene rings is 1. The minimum absolute atomic E-state index is 0.105. The number of aliphatic hydroxyl groups excluding tert-OH is 1. The maximum absolute atomic E-state index is 13.1. The normalized spacial score (nSPS) is 13.3. The first kappa shape index (κ1) is 10.5. The van der Waals surface area contributed by atoms with Crippen LogP contribution in [0.25, 0.3) is 10.9 Å². The lowest BCUT2D eigenvalue weighted by molar-refractivity contribution is 0.175. The summed E-state index contributed by atoms with van der Waals surface area (Å²) in [6.07, 6.45) is 1.37. The zero-order valence-electron chi connectivity index (χ0n) is 8.24. The SMILES string of the molecule is C[C@@H](O)Cn1ccc2cc(F)c(Cl)cc21. The molecule has 0 bridgehead atoms. The highest BCUT2D eigenvalue weighted by atomic mass is 35.5. The van der Waals surface area contributed by atoms with Crippen molar-refractivity contribution in [2.45, 2.75) is 19.6 Å². The van der Waals surface area contributed by atoms with Gasteiger partial charge in [0.05, 0.1) is 11.1 Å². The second kappa shape index (κ2) is 3.83. The summed E-state index contributed by atoms with van der Waals surface area (Å²) in [5.41, 5.74) is 0.835. The van der Waals surface area contributed by atoms with Crippen LogP contribution in [0.15, 0.2) is 24.4 Å². The van der Waals surface area contributed by atoms with Crippen molar-refractivity contribution in [1.29, 1.82) is 0 Å². The third kappa shape index (κ3) is 1.98. The van der Waals surface area contributed by atoms with Crippen molar-refractivity contribution in [1.82, 2.24) is 4.57 Å². The molecule has 0 radical (unpaired) electrons. The largest absolute Gasteiger partial charge is 0.392 e. The maximum Gasteiger partial charge on any atom is 0.142 e. The average molecular weight is 228 g/mol. The molecule has 80 valence electrons. The number of hydrogen-bond donors (Lipinski definition) is 1. The summed E-state index contributed by atoms with van der Waals surface area (Å²) >= 11 is 5.70. The van der Waals surface area contributed by atoms with E-state index < -0.39 is 11.9 Å². The van der Waals surface area contributed by atoms with Gasteiger partial charge in [0.1, 0.15) is 5.82 Å². The van der Waals surface area contributed by atoms with E-state index in [9.17, 15) is 9.50 Å². The highest BCUT2D eigenvalue weighted by Gasteiger charge is 2.07. The monoisotopic (exact) mass is 227 g/mol. The molecule has 0 amide bonds. The van der Waals surface area contributed by atoms with Gasteiger partial charge in [-0.3, -0.25) is 0 Å². The maximum atomic E-state index is 13.1. The van der Waals surface area contributed by atoms with Gasteiger partial charge in [-0.2, -0.15) is 0 Å². The van der Waals surface area contributed by atoms with Crippen molar-refractivity contribution < 1.29 is 9.50 Å². The van der Waals surface area contributed by atoms with Crippen LogP contribution in [0, 0.1) is 5.82 Å². The van der Waals surface area contributed by atoms with Crippen LogP contribution in [0.5, 0.6) is 0 Å². The standard InChI is InChI=1S/C11H11ClFNO/c1-7(15)6-14-3-2-8-4-10(13)9(12)5-11(8)14/h2-5,7,15H,6H2,1H3/t7-/m1/s1. The van der Waals surface area contributed by atoms with Crippen molar-refractivity contribution >= 4 is 22.5 Å². The van der Waals surface area contributed by atoms with E-state index in [2.05, 4.69) is 0 Å². The van der Waals surface area contributed by atoms with Crippen molar-refractivity contribution in [3.05, 3.63) is 35.2 Å². The number of rotatable bonds is 2. The van der Waals surface area contributed by atoms with Gasteiger partial charge < -0.3 is 9.67 Å². The molecule has 2 nitrogen and oxygen atoms in total. The third-order valence-electron chi connectivity index (χ3n) is 2.27. The Morgan fingerprint density at radius 1 is 1.53 bits per heavy atom. The lowest BCUT2D eigenvalue weighted by Gasteiger charge is -2.07. The Morgan fingerprint density at radius 2 is 2.27 bits per heavy atom. The van der Waals surface area contributed by atoms with Crippen LogP contribution < -0.4 is 0 Å². The topological polar surface area (TPSA) is 25.2 Å². The molecule has 0 saturated carbocycles. The fourth-order valence-corrected chi connectivity index (χ4v) is 1.79. The van der Waals surface area contributed by atoms with Crippen LogP contribution in [0.4, 0.5) is 4.39 Å². The van der Waals surface area contributed by atoms with Crippen molar-refractivity contribution in [2.75, 3.05) is 0 Å². The number of nitrogens with zero attached hydrogens (tertiary/aromatic N) is 1. The number of aromatic nitrogens is 1. The zero-order chi connectivity index (χ0) is 11.0. The number of aliphatic hydroxyl groups is 1. The van der Waals surface area contributed by atoms with Gasteiger partial charge in [-0.1, -0.05) is 11.6 Å². The van der Waals surface area contributed by atoms with E-state index >= 15 is 0 Å². The summed E-state index contributed by atoms with van der Waals surface area (Å²) in [6, 6.07) is 4.78. The predicted octanol–water partition coefficient (Wildman–Crippen LogP) is 2.81. The first-order valence-corrected chi connectivity index (χ1v) is 5.07. The molecule has 4 heteroatoms. The Balaban J connectivity index is 2.54. The minimum atomic E-state index is -0.440. The van der Waals surface area contributed by atoms with Crippen LogP contribution in [0.1, 0.15) is 6.92 Å². The summed E-state index contributed by atoms with van der Waals surface area (Å²) in [6.45, 7) is 2.18. The second-order valence-electron chi connectivity index (χ2n) is 3.64. The Kier molecular flexibility index (Phi) is 2.67. The smallest absolute Gasteiger partial charge is 0.142 e. The van der Waals surface area contributed by atoms with E-state index in [0.29, 0.717) is 6.54 Å². The number of fused-ring (bicyclic) bond motifs is 1. The van der Waals surface area contributed by atoms with Crippen LogP contribution in [0.3, 0.4) is 0 Å². The Hall–Kier alpha value is -1.06. The van der Waals surface area contributed by atoms with Crippen LogP contribution in [-0.2, 0) is 6.54 Å². The minimum Gasteiger partial charge on any atom is -0.392 e. The molecule has 2 aromatic rings. The summed E-state index contributed by atoms with van der Waals surface area (Å²) < 4.78 is 15.0. The Morgan fingerprint density at radius 3 is 2.93 bits per heavy atom. The van der Waals surface area contributed by atoms with Gasteiger partial charge >= 0.3 is 0 Å². The molecule has 0 spiro atoms. The van der Waals surface area contributed by atoms with Gasteiger partial charge in [-0.15, -0.1) is 0 Å². The molecule has 1 heterocycles. The highest BCUT2D eigenvalue weighted by molar-refractivity contribution is 6.31. The van der Waals surface area contributed by atoms with Crippen molar-refractivity contribution in [2.24, 2.45) is 0 Å². The molecule has 0 fully saturated rings. The molecule has 1 aromatic heterocycles. The molecular weight excluding hydrogens is 217 g/mol. The lowest BCUT2D eigenvalue weighted by Crippen LogP contribution is -2.10. The third-order valence-corrected chi connectivity index (χ3v) is 2.56. The predicted molar refractivity (Wildman–Crippen MR) is 58.6 cm³/mol. The van der Waals surface area contributed by atoms with E-state index in [4.69, 9.17) is 11.6 Å². The van der Waals surface area contributed by atoms with Gasteiger partial charge in [0.25, 0.3) is 0 Å². The summed E-state index contributed by atoms with van der Waals surface area (Å²) in [4.78, 5) is 0. The van der Waals surface area contributed by atoms with Gasteiger partial charge in [0.15, 0.2) is 0 Å². The van der Waals surface area contributed by atoms with Crippen molar-refractivity contribution in [3.8, 4) is 0 Å². The quantitative estimate of drug-likeness (QED) is 0.839. The van der Waals surface area contributed by atoms with Gasteiger partial charge in [0, 0.05) is 23.6 Å². The Labute approximate surface area is 91.9 Å². The van der Waals surface area contributed by atoms with Crippen LogP contribution >= 0.6 is 11.6 Å². The summed E-state index contributed by atoms with van der Waals surface area (Å²) in [7, 11) is 0. The first-order chi connectivity index (χ1) is 7.08. The number of halogens is 2. The van der Waals surface area contributed by atoms with Crippen LogP contribution in [0.2, 0.25) is 5.02 Å². The summed E-state index contributed by atoms with van der Waals surface area (Å²) in [5, 5.41) is 10.2. The van der Waals surface area contributed by atoms with Crippen LogP contribution in [-0.4, -0.2) is 15.8 Å². The van der Waals surface area contributed by atoms with E-state index in [1.165, 1.54) is 6.07 Å². The molecule has 2 rings (SSSR count). The molecular formula is C11H11ClFNO. The highest BCUT2D eigenvalue weighted by Crippen LogP contribution is 2.23. The van der Waals surface area contributed by atoms with E-state index in [1.54, 1.807) is 19.1 Å². The fraction of sp³-hybridized carbons (Fsp3) is 0.273. The molecule has 1 N–H and O–H groups in total. The van der Waals surface area contributed by atoms with Gasteiger partial charge in [-0.25, -0.2) is 4.39 Å². The average Bonchev–Trinajstić information content (AvgIpc) is 2.49. The molecule has 15 heavy (non-hydrogen) atoms. The van der Waals surface area contributed by atoms with E-state index in [0.717, 1.165) is 10.9 Å². The van der Waals surface area contributed by atoms with Gasteiger partial charge in [0.2, 0.25) is 0 Å². The molecule has 1 aromatic carbocycles. The second-order valence-corrected chi connectivity index (χ2v) is 4.05. The van der Waals surface area contributed by atoms with Crippen molar-refractivity contribution in [3.63, 3.8) is 0 Å². The zero-order valence-corrected chi connectivity index (χ0v) is 9.00. The molecule has 0 unspecified atom stereocenters. The number of hydrogen-bond acceptors (Lipinski definition) is 1. The Bertz CT molecular complexity index is 493. The summed E-state index contributed by atoms with van der Waals surface area (Å²) in [5.74, 6) is -0.418. The van der Waals surface area contributed by atoms with Gasteiger partial charge in [-0.05, 0) is 25.1 Å².